The van der Waals surface area contributed by atoms with Gasteiger partial charge in [-0.05, 0) is 23.8 Å². The highest BCUT2D eigenvalue weighted by atomic mass is 14.3. The van der Waals surface area contributed by atoms with Crippen LogP contribution in [0.5, 0.6) is 0 Å². The van der Waals surface area contributed by atoms with Gasteiger partial charge in [0.05, 0.1) is 0 Å². The lowest BCUT2D eigenvalue weighted by Crippen LogP contribution is -2.13. The van der Waals surface area contributed by atoms with E-state index in [9.17, 15) is 0 Å². The molecular weight excluding hydrogens is 228 g/mol. The fourth-order valence-corrected chi connectivity index (χ4v) is 3.28. The predicted molar refractivity (Wildman–Crippen MR) is 86.6 cm³/mol. The third-order valence-corrected chi connectivity index (χ3v) is 4.23. The van der Waals surface area contributed by atoms with Crippen molar-refractivity contribution in [2.45, 2.75) is 78.1 Å². The lowest BCUT2D eigenvalue weighted by Gasteiger charge is -2.27. The maximum Gasteiger partial charge on any atom is -0.0134 e. The van der Waals surface area contributed by atoms with Crippen molar-refractivity contribution in [2.75, 3.05) is 0 Å². The molecule has 1 unspecified atom stereocenters. The quantitative estimate of drug-likeness (QED) is 0.417. The first-order valence-corrected chi connectivity index (χ1v) is 8.38. The Morgan fingerprint density at radius 3 is 1.89 bits per heavy atom. The molecule has 0 nitrogen and oxygen atoms in total. The molecule has 0 saturated heterocycles. The van der Waals surface area contributed by atoms with E-state index in [1.54, 1.807) is 5.56 Å². The van der Waals surface area contributed by atoms with Gasteiger partial charge in [-0.2, -0.15) is 0 Å². The van der Waals surface area contributed by atoms with Crippen LogP contribution in [0.15, 0.2) is 30.3 Å². The first kappa shape index (κ1) is 16.3. The summed E-state index contributed by atoms with van der Waals surface area (Å²) in [5.74, 6) is 1.67. The van der Waals surface area contributed by atoms with Crippen LogP contribution in [0.3, 0.4) is 0 Å². The Morgan fingerprint density at radius 2 is 1.37 bits per heavy atom. The van der Waals surface area contributed by atoms with Crippen molar-refractivity contribution in [3.05, 3.63) is 35.9 Å². The van der Waals surface area contributed by atoms with Crippen LogP contribution in [0, 0.1) is 5.92 Å². The Kier molecular flexibility index (Phi) is 8.62. The average Bonchev–Trinajstić information content (AvgIpc) is 2.45. The van der Waals surface area contributed by atoms with Crippen LogP contribution < -0.4 is 0 Å². The first-order chi connectivity index (χ1) is 9.33. The summed E-state index contributed by atoms with van der Waals surface area (Å²) in [5.41, 5.74) is 1.57. The summed E-state index contributed by atoms with van der Waals surface area (Å²) in [6, 6.07) is 11.2. The van der Waals surface area contributed by atoms with Crippen LogP contribution in [0.2, 0.25) is 0 Å². The van der Waals surface area contributed by atoms with Gasteiger partial charge in [-0.25, -0.2) is 0 Å². The Morgan fingerprint density at radius 1 is 0.737 bits per heavy atom. The summed E-state index contributed by atoms with van der Waals surface area (Å²) in [4.78, 5) is 0. The van der Waals surface area contributed by atoms with E-state index in [1.165, 1.54) is 51.4 Å². The van der Waals surface area contributed by atoms with Crippen LogP contribution >= 0.6 is 0 Å². The third kappa shape index (κ3) is 5.80. The second-order valence-corrected chi connectivity index (χ2v) is 5.85. The van der Waals surface area contributed by atoms with Gasteiger partial charge >= 0.3 is 0 Å². The van der Waals surface area contributed by atoms with Gasteiger partial charge in [-0.3, -0.25) is 0 Å². The van der Waals surface area contributed by atoms with Gasteiger partial charge in [0.1, 0.15) is 0 Å². The van der Waals surface area contributed by atoms with Crippen molar-refractivity contribution in [2.24, 2.45) is 5.92 Å². The summed E-state index contributed by atoms with van der Waals surface area (Å²) in [5, 5.41) is 0. The maximum atomic E-state index is 2.34. The molecule has 0 N–H and O–H groups in total. The predicted octanol–water partition coefficient (Wildman–Crippen LogP) is 6.57. The summed E-state index contributed by atoms with van der Waals surface area (Å²) in [6.07, 6.45) is 10.9. The van der Waals surface area contributed by atoms with E-state index in [0.717, 1.165) is 11.8 Å². The molecule has 108 valence electrons. The number of hydrogen-bond donors (Lipinski definition) is 0. The standard InChI is InChI=1S/C19H32/c1-4-7-9-16-19(17(12-5-2)13-6-3)18-14-10-8-11-15-18/h8,10-11,14-15,17,19H,4-7,9,12-13,16H2,1-3H3. The highest BCUT2D eigenvalue weighted by molar-refractivity contribution is 5.20. The second-order valence-electron chi connectivity index (χ2n) is 5.85. The molecule has 0 heterocycles. The average molecular weight is 260 g/mol. The van der Waals surface area contributed by atoms with E-state index in [1.807, 2.05) is 0 Å². The molecule has 19 heavy (non-hydrogen) atoms. The monoisotopic (exact) mass is 260 g/mol. The number of benzene rings is 1. The Bertz CT molecular complexity index is 295. The topological polar surface area (TPSA) is 0 Å². The van der Waals surface area contributed by atoms with Gasteiger partial charge < -0.3 is 0 Å². The van der Waals surface area contributed by atoms with Gasteiger partial charge in [0.25, 0.3) is 0 Å². The van der Waals surface area contributed by atoms with E-state index in [-0.39, 0.29) is 0 Å². The van der Waals surface area contributed by atoms with Crippen molar-refractivity contribution in [1.82, 2.24) is 0 Å². The van der Waals surface area contributed by atoms with Gasteiger partial charge in [0.15, 0.2) is 0 Å². The molecule has 0 fully saturated rings. The normalized spacial score (nSPS) is 12.8. The summed E-state index contributed by atoms with van der Waals surface area (Å²) >= 11 is 0. The Balaban J connectivity index is 2.76. The van der Waals surface area contributed by atoms with Gasteiger partial charge in [-0.1, -0.05) is 96.0 Å². The Labute approximate surface area is 120 Å². The highest BCUT2D eigenvalue weighted by Crippen LogP contribution is 2.35. The molecule has 0 aromatic heterocycles. The number of unbranched alkanes of at least 4 members (excludes halogenated alkanes) is 2. The largest absolute Gasteiger partial charge is 0.0654 e. The van der Waals surface area contributed by atoms with E-state index >= 15 is 0 Å². The number of hydrogen-bond acceptors (Lipinski definition) is 0. The van der Waals surface area contributed by atoms with E-state index in [4.69, 9.17) is 0 Å². The smallest absolute Gasteiger partial charge is 0.0134 e. The maximum absolute atomic E-state index is 2.34. The summed E-state index contributed by atoms with van der Waals surface area (Å²) in [6.45, 7) is 6.96. The van der Waals surface area contributed by atoms with Gasteiger partial charge in [0, 0.05) is 0 Å². The van der Waals surface area contributed by atoms with Gasteiger partial charge in [-0.15, -0.1) is 0 Å². The molecular formula is C19H32. The fraction of sp³-hybridized carbons (Fsp3) is 0.684. The van der Waals surface area contributed by atoms with Crippen molar-refractivity contribution >= 4 is 0 Å². The molecule has 0 aliphatic rings. The van der Waals surface area contributed by atoms with Crippen LogP contribution in [-0.4, -0.2) is 0 Å². The molecule has 0 aliphatic heterocycles. The zero-order valence-corrected chi connectivity index (χ0v) is 13.2. The second kappa shape index (κ2) is 10.1. The van der Waals surface area contributed by atoms with Gasteiger partial charge in [0.2, 0.25) is 0 Å². The van der Waals surface area contributed by atoms with E-state index in [2.05, 4.69) is 51.1 Å². The van der Waals surface area contributed by atoms with Crippen LogP contribution in [-0.2, 0) is 0 Å². The summed E-state index contributed by atoms with van der Waals surface area (Å²) < 4.78 is 0. The lowest BCUT2D eigenvalue weighted by molar-refractivity contribution is 0.340. The molecule has 0 heteroatoms. The lowest BCUT2D eigenvalue weighted by atomic mass is 9.78. The summed E-state index contributed by atoms with van der Waals surface area (Å²) in [7, 11) is 0. The van der Waals surface area contributed by atoms with Crippen LogP contribution in [0.25, 0.3) is 0 Å². The zero-order valence-electron chi connectivity index (χ0n) is 13.2. The zero-order chi connectivity index (χ0) is 13.9. The van der Waals surface area contributed by atoms with Crippen LogP contribution in [0.4, 0.5) is 0 Å². The molecule has 0 aliphatic carbocycles. The number of rotatable bonds is 10. The van der Waals surface area contributed by atoms with Crippen molar-refractivity contribution < 1.29 is 0 Å². The molecule has 0 bridgehead atoms. The minimum absolute atomic E-state index is 0.785. The Hall–Kier alpha value is -0.780. The molecule has 1 aromatic carbocycles. The van der Waals surface area contributed by atoms with E-state index in [0.29, 0.717) is 0 Å². The molecule has 1 aromatic rings. The first-order valence-electron chi connectivity index (χ1n) is 8.38. The molecule has 0 spiro atoms. The molecule has 0 amide bonds. The SMILES string of the molecule is CCCCCC(c1ccccc1)C(CCC)CCC. The van der Waals surface area contributed by atoms with E-state index < -0.39 is 0 Å². The minimum atomic E-state index is 0.785. The third-order valence-electron chi connectivity index (χ3n) is 4.23. The van der Waals surface area contributed by atoms with Crippen molar-refractivity contribution in [3.63, 3.8) is 0 Å². The van der Waals surface area contributed by atoms with Crippen molar-refractivity contribution in [3.8, 4) is 0 Å². The molecule has 1 atom stereocenters. The minimum Gasteiger partial charge on any atom is -0.0654 e. The molecule has 0 radical (unpaired) electrons. The highest BCUT2D eigenvalue weighted by Gasteiger charge is 2.21. The van der Waals surface area contributed by atoms with Crippen LogP contribution in [0.1, 0.15) is 83.6 Å². The van der Waals surface area contributed by atoms with Crippen molar-refractivity contribution in [1.29, 1.82) is 0 Å². The fourth-order valence-electron chi connectivity index (χ4n) is 3.28. The molecule has 1 rings (SSSR count). The molecule has 0 saturated carbocycles.